The van der Waals surface area contributed by atoms with Gasteiger partial charge in [0.25, 0.3) is 10.0 Å². The Morgan fingerprint density at radius 1 is 1.12 bits per heavy atom. The lowest BCUT2D eigenvalue weighted by Gasteiger charge is -2.18. The van der Waals surface area contributed by atoms with Gasteiger partial charge in [-0.05, 0) is 47.9 Å². The number of carbonyl (C=O) groups is 1. The maximum atomic E-state index is 13.2. The molecule has 0 aliphatic rings. The minimum absolute atomic E-state index is 0.0111. The molecule has 0 aliphatic carbocycles. The van der Waals surface area contributed by atoms with Crippen molar-refractivity contribution in [2.24, 2.45) is 0 Å². The fourth-order valence-corrected chi connectivity index (χ4v) is 4.46. The molecule has 3 aromatic rings. The van der Waals surface area contributed by atoms with E-state index in [1.54, 1.807) is 18.2 Å². The van der Waals surface area contributed by atoms with Gasteiger partial charge in [-0.1, -0.05) is 32.0 Å². The van der Waals surface area contributed by atoms with Crippen LogP contribution in [0.2, 0.25) is 0 Å². The van der Waals surface area contributed by atoms with Gasteiger partial charge in [0, 0.05) is 0 Å². The summed E-state index contributed by atoms with van der Waals surface area (Å²) < 4.78 is 78.5. The third-order valence-electron chi connectivity index (χ3n) is 4.63. The van der Waals surface area contributed by atoms with Crippen LogP contribution in [0.4, 0.5) is 18.9 Å². The summed E-state index contributed by atoms with van der Waals surface area (Å²) in [7, 11) is -4.16. The molecule has 11 heteroatoms. The summed E-state index contributed by atoms with van der Waals surface area (Å²) >= 11 is 0. The van der Waals surface area contributed by atoms with E-state index in [9.17, 15) is 26.4 Å². The Hall–Kier alpha value is -3.47. The van der Waals surface area contributed by atoms with E-state index in [0.717, 1.165) is 12.1 Å². The van der Waals surface area contributed by atoms with Crippen molar-refractivity contribution in [1.82, 2.24) is 0 Å². The van der Waals surface area contributed by atoms with Crippen molar-refractivity contribution in [3.63, 3.8) is 0 Å². The molecular weight excluding hydrogens is 463 g/mol. The Balaban J connectivity index is 1.96. The number of furan rings is 1. The highest BCUT2D eigenvalue weighted by Gasteiger charge is 2.32. The Kier molecular flexibility index (Phi) is 6.73. The second kappa shape index (κ2) is 9.18. The predicted octanol–water partition coefficient (Wildman–Crippen LogP) is 5.50. The van der Waals surface area contributed by atoms with E-state index in [2.05, 4.69) is 4.72 Å². The molecule has 0 saturated carbocycles. The molecule has 176 valence electrons. The third kappa shape index (κ3) is 5.67. The molecule has 2 aromatic carbocycles. The second-order valence-electron chi connectivity index (χ2n) is 7.37. The SMILES string of the molecule is CC(C)c1ccccc1S(=O)(=O)Nc1ccc(C(F)(F)F)cc1OCc1ccc(C(=O)O)o1. The van der Waals surface area contributed by atoms with Crippen molar-refractivity contribution < 1.29 is 40.6 Å². The molecular formula is C22H20F3NO6S. The number of halogens is 3. The number of sulfonamides is 1. The Labute approximate surface area is 187 Å². The van der Waals surface area contributed by atoms with Gasteiger partial charge < -0.3 is 14.3 Å². The van der Waals surface area contributed by atoms with Crippen LogP contribution in [0, 0.1) is 0 Å². The summed E-state index contributed by atoms with van der Waals surface area (Å²) in [5.41, 5.74) is -0.726. The number of ether oxygens (including phenoxy) is 1. The molecule has 0 saturated heterocycles. The topological polar surface area (TPSA) is 106 Å². The molecule has 0 fully saturated rings. The average molecular weight is 483 g/mol. The van der Waals surface area contributed by atoms with Crippen LogP contribution < -0.4 is 9.46 Å². The summed E-state index contributed by atoms with van der Waals surface area (Å²) in [6.07, 6.45) is -4.69. The number of aromatic carboxylic acids is 1. The van der Waals surface area contributed by atoms with Crippen molar-refractivity contribution >= 4 is 21.7 Å². The van der Waals surface area contributed by atoms with Crippen LogP contribution in [0.5, 0.6) is 5.75 Å². The van der Waals surface area contributed by atoms with Gasteiger partial charge in [0.1, 0.15) is 18.1 Å². The molecule has 0 aliphatic heterocycles. The van der Waals surface area contributed by atoms with Crippen molar-refractivity contribution in [2.45, 2.75) is 37.4 Å². The highest BCUT2D eigenvalue weighted by molar-refractivity contribution is 7.92. The second-order valence-corrected chi connectivity index (χ2v) is 9.02. The van der Waals surface area contributed by atoms with E-state index in [4.69, 9.17) is 14.3 Å². The molecule has 0 radical (unpaired) electrons. The van der Waals surface area contributed by atoms with Gasteiger partial charge in [-0.15, -0.1) is 0 Å². The maximum absolute atomic E-state index is 13.2. The van der Waals surface area contributed by atoms with Crippen LogP contribution >= 0.6 is 0 Å². The number of hydrogen-bond acceptors (Lipinski definition) is 5. The number of anilines is 1. The molecule has 2 N–H and O–H groups in total. The first-order valence-corrected chi connectivity index (χ1v) is 11.1. The molecule has 0 spiro atoms. The standard InChI is InChI=1S/C22H20F3NO6S/c1-13(2)16-5-3-4-6-20(16)33(29,30)26-17-9-7-14(22(23,24)25)11-19(17)31-12-15-8-10-18(32-15)21(27)28/h3-11,13,26H,12H2,1-2H3,(H,27,28). The summed E-state index contributed by atoms with van der Waals surface area (Å²) in [6.45, 7) is 3.21. The molecule has 0 unspecified atom stereocenters. The fourth-order valence-electron chi connectivity index (χ4n) is 3.02. The molecule has 33 heavy (non-hydrogen) atoms. The van der Waals surface area contributed by atoms with E-state index in [1.165, 1.54) is 18.2 Å². The van der Waals surface area contributed by atoms with Crippen LogP contribution in [-0.4, -0.2) is 19.5 Å². The van der Waals surface area contributed by atoms with Crippen molar-refractivity contribution in [1.29, 1.82) is 0 Å². The van der Waals surface area contributed by atoms with Crippen LogP contribution in [0.3, 0.4) is 0 Å². The summed E-state index contributed by atoms with van der Waals surface area (Å²) in [5, 5.41) is 8.91. The van der Waals surface area contributed by atoms with E-state index in [0.29, 0.717) is 11.6 Å². The lowest BCUT2D eigenvalue weighted by atomic mass is 10.0. The van der Waals surface area contributed by atoms with Crippen molar-refractivity contribution in [3.05, 3.63) is 77.2 Å². The quantitative estimate of drug-likeness (QED) is 0.438. The monoisotopic (exact) mass is 483 g/mol. The van der Waals surface area contributed by atoms with Gasteiger partial charge >= 0.3 is 12.1 Å². The molecule has 0 atom stereocenters. The minimum Gasteiger partial charge on any atom is -0.483 e. The first-order chi connectivity index (χ1) is 15.4. The largest absolute Gasteiger partial charge is 0.483 e. The summed E-state index contributed by atoms with van der Waals surface area (Å²) in [5.74, 6) is -2.18. The van der Waals surface area contributed by atoms with Gasteiger partial charge in [-0.3, -0.25) is 4.72 Å². The highest BCUT2D eigenvalue weighted by Crippen LogP contribution is 2.37. The van der Waals surface area contributed by atoms with Gasteiger partial charge in [-0.25, -0.2) is 13.2 Å². The molecule has 0 amide bonds. The Morgan fingerprint density at radius 2 is 1.82 bits per heavy atom. The normalized spacial score (nSPS) is 12.1. The van der Waals surface area contributed by atoms with E-state index in [1.807, 2.05) is 13.8 Å². The number of rotatable bonds is 8. The molecule has 0 bridgehead atoms. The maximum Gasteiger partial charge on any atom is 0.416 e. The van der Waals surface area contributed by atoms with E-state index < -0.39 is 40.1 Å². The Bertz CT molecular complexity index is 1270. The van der Waals surface area contributed by atoms with Crippen LogP contribution in [0.15, 0.2) is 63.9 Å². The number of carboxylic acids is 1. The zero-order chi connectivity index (χ0) is 24.4. The lowest BCUT2D eigenvalue weighted by molar-refractivity contribution is -0.137. The zero-order valence-electron chi connectivity index (χ0n) is 17.5. The van der Waals surface area contributed by atoms with Crippen LogP contribution in [0.1, 0.15) is 47.2 Å². The smallest absolute Gasteiger partial charge is 0.416 e. The number of nitrogens with one attached hydrogen (secondary N) is 1. The van der Waals surface area contributed by atoms with Gasteiger partial charge in [0.05, 0.1) is 16.1 Å². The number of alkyl halides is 3. The van der Waals surface area contributed by atoms with Crippen LogP contribution in [0.25, 0.3) is 0 Å². The molecule has 7 nitrogen and oxygen atoms in total. The van der Waals surface area contributed by atoms with Gasteiger partial charge in [-0.2, -0.15) is 13.2 Å². The average Bonchev–Trinajstić information content (AvgIpc) is 3.21. The fraction of sp³-hybridized carbons (Fsp3) is 0.227. The summed E-state index contributed by atoms with van der Waals surface area (Å²) in [4.78, 5) is 10.9. The van der Waals surface area contributed by atoms with Gasteiger partial charge in [0.15, 0.2) is 0 Å². The number of carboxylic acid groups (broad SMARTS) is 1. The molecule has 1 aromatic heterocycles. The molecule has 1 heterocycles. The lowest BCUT2D eigenvalue weighted by Crippen LogP contribution is -2.17. The highest BCUT2D eigenvalue weighted by atomic mass is 32.2. The van der Waals surface area contributed by atoms with Crippen molar-refractivity contribution in [3.8, 4) is 5.75 Å². The summed E-state index contributed by atoms with van der Waals surface area (Å²) in [6, 6.07) is 11.1. The molecule has 3 rings (SSSR count). The van der Waals surface area contributed by atoms with Crippen molar-refractivity contribution in [2.75, 3.05) is 4.72 Å². The number of hydrogen-bond donors (Lipinski definition) is 2. The third-order valence-corrected chi connectivity index (χ3v) is 6.07. The first kappa shape index (κ1) is 24.2. The van der Waals surface area contributed by atoms with E-state index in [-0.39, 0.29) is 28.0 Å². The van der Waals surface area contributed by atoms with Gasteiger partial charge in [0.2, 0.25) is 5.76 Å². The number of benzene rings is 2. The minimum atomic E-state index is -4.69. The first-order valence-electron chi connectivity index (χ1n) is 9.66. The Morgan fingerprint density at radius 3 is 2.42 bits per heavy atom. The van der Waals surface area contributed by atoms with Crippen LogP contribution in [-0.2, 0) is 22.8 Å². The zero-order valence-corrected chi connectivity index (χ0v) is 18.3. The predicted molar refractivity (Wildman–Crippen MR) is 113 cm³/mol. The van der Waals surface area contributed by atoms with E-state index >= 15 is 0 Å².